The Kier molecular flexibility index (Phi) is 6.94. The highest BCUT2D eigenvalue weighted by Gasteiger charge is 2.35. The molecule has 1 saturated carbocycles. The Bertz CT molecular complexity index is 336. The quantitative estimate of drug-likeness (QED) is 0.627. The van der Waals surface area contributed by atoms with Gasteiger partial charge in [-0.1, -0.05) is 32.6 Å². The number of ether oxygens (including phenoxy) is 2. The lowest BCUT2D eigenvalue weighted by atomic mass is 9.66. The van der Waals surface area contributed by atoms with Crippen molar-refractivity contribution in [3.8, 4) is 0 Å². The summed E-state index contributed by atoms with van der Waals surface area (Å²) < 4.78 is 11.7. The summed E-state index contributed by atoms with van der Waals surface area (Å²) in [4.78, 5) is 2.38. The van der Waals surface area contributed by atoms with Crippen LogP contribution in [0.25, 0.3) is 0 Å². The predicted octanol–water partition coefficient (Wildman–Crippen LogP) is 5.19. The fraction of sp³-hybridized carbons (Fsp3) is 1.00. The van der Waals surface area contributed by atoms with Gasteiger partial charge in [0, 0.05) is 20.2 Å². The largest absolute Gasteiger partial charge is 0.343 e. The third kappa shape index (κ3) is 5.72. The molecule has 0 radical (unpaired) electrons. The normalized spacial score (nSPS) is 25.4. The second kappa shape index (κ2) is 8.31. The van der Waals surface area contributed by atoms with Crippen molar-refractivity contribution >= 4 is 0 Å². The molecule has 3 heteroatoms. The van der Waals surface area contributed by atoms with Crippen LogP contribution >= 0.6 is 0 Å². The first-order valence-electron chi connectivity index (χ1n) is 9.82. The fourth-order valence-electron chi connectivity index (χ4n) is 4.56. The van der Waals surface area contributed by atoms with Gasteiger partial charge in [-0.15, -0.1) is 0 Å². The molecule has 2 rings (SSSR count). The van der Waals surface area contributed by atoms with Crippen LogP contribution in [0.1, 0.15) is 85.5 Å². The SMILES string of the molecule is CCC1(CC2CCN(C(OC)OC(C)(C)C)CC2)CCCCC1. The van der Waals surface area contributed by atoms with E-state index in [1.165, 1.54) is 57.8 Å². The van der Waals surface area contributed by atoms with Crippen LogP contribution < -0.4 is 0 Å². The molecule has 0 amide bonds. The van der Waals surface area contributed by atoms with E-state index < -0.39 is 0 Å². The van der Waals surface area contributed by atoms with Gasteiger partial charge in [0.05, 0.1) is 5.60 Å². The van der Waals surface area contributed by atoms with E-state index in [4.69, 9.17) is 9.47 Å². The van der Waals surface area contributed by atoms with Crippen molar-refractivity contribution in [3.63, 3.8) is 0 Å². The van der Waals surface area contributed by atoms with Crippen molar-refractivity contribution in [2.24, 2.45) is 11.3 Å². The molecule has 0 N–H and O–H groups in total. The van der Waals surface area contributed by atoms with E-state index in [9.17, 15) is 0 Å². The zero-order valence-corrected chi connectivity index (χ0v) is 16.2. The first-order chi connectivity index (χ1) is 10.9. The van der Waals surface area contributed by atoms with Gasteiger partial charge in [0.1, 0.15) is 0 Å². The standard InChI is InChI=1S/C20H39NO2/c1-6-20(12-8-7-9-13-20)16-17-10-14-21(15-11-17)18(22-5)23-19(2,3)4/h17-18H,6-16H2,1-5H3. The van der Waals surface area contributed by atoms with Gasteiger partial charge >= 0.3 is 0 Å². The molecule has 1 heterocycles. The lowest BCUT2D eigenvalue weighted by Gasteiger charge is -2.43. The second-order valence-electron chi connectivity index (χ2n) is 8.87. The Morgan fingerprint density at radius 3 is 2.17 bits per heavy atom. The molecule has 3 nitrogen and oxygen atoms in total. The maximum absolute atomic E-state index is 6.06. The molecule has 1 saturated heterocycles. The summed E-state index contributed by atoms with van der Waals surface area (Å²) >= 11 is 0. The molecule has 2 aliphatic rings. The molecule has 0 aromatic rings. The lowest BCUT2D eigenvalue weighted by molar-refractivity contribution is -0.257. The molecule has 1 aliphatic carbocycles. The van der Waals surface area contributed by atoms with Gasteiger partial charge in [-0.3, -0.25) is 4.90 Å². The monoisotopic (exact) mass is 325 g/mol. The molecule has 1 atom stereocenters. The average molecular weight is 326 g/mol. The first-order valence-corrected chi connectivity index (χ1v) is 9.82. The third-order valence-corrected chi connectivity index (χ3v) is 5.99. The summed E-state index contributed by atoms with van der Waals surface area (Å²) in [6.45, 7) is 10.9. The molecule has 0 aromatic heterocycles. The van der Waals surface area contributed by atoms with Gasteiger partial charge in [0.15, 0.2) is 0 Å². The zero-order chi connectivity index (χ0) is 16.9. The van der Waals surface area contributed by atoms with Crippen molar-refractivity contribution in [2.75, 3.05) is 20.2 Å². The Labute approximate surface area is 144 Å². The number of piperidine rings is 1. The molecule has 136 valence electrons. The summed E-state index contributed by atoms with van der Waals surface area (Å²) in [5, 5.41) is 0. The van der Waals surface area contributed by atoms with E-state index in [0.29, 0.717) is 5.41 Å². The first kappa shape index (κ1) is 19.2. The molecule has 0 aromatic carbocycles. The second-order valence-corrected chi connectivity index (χ2v) is 8.87. The van der Waals surface area contributed by atoms with Crippen molar-refractivity contribution in [2.45, 2.75) is 97.5 Å². The summed E-state index contributed by atoms with van der Waals surface area (Å²) in [7, 11) is 1.76. The zero-order valence-electron chi connectivity index (χ0n) is 16.2. The van der Waals surface area contributed by atoms with Crippen LogP contribution in [0.4, 0.5) is 0 Å². The van der Waals surface area contributed by atoms with Gasteiger partial charge in [-0.25, -0.2) is 0 Å². The summed E-state index contributed by atoms with van der Waals surface area (Å²) in [6, 6.07) is 0. The Morgan fingerprint density at radius 2 is 1.70 bits per heavy atom. The van der Waals surface area contributed by atoms with E-state index in [1.807, 2.05) is 0 Å². The fourth-order valence-corrected chi connectivity index (χ4v) is 4.56. The topological polar surface area (TPSA) is 21.7 Å². The van der Waals surface area contributed by atoms with Crippen molar-refractivity contribution in [1.82, 2.24) is 4.90 Å². The van der Waals surface area contributed by atoms with Crippen LogP contribution in [-0.2, 0) is 9.47 Å². The number of likely N-dealkylation sites (tertiary alicyclic amines) is 1. The van der Waals surface area contributed by atoms with Gasteiger partial charge in [-0.2, -0.15) is 0 Å². The van der Waals surface area contributed by atoms with E-state index >= 15 is 0 Å². The Balaban J connectivity index is 1.83. The van der Waals surface area contributed by atoms with Gasteiger partial charge in [0.25, 0.3) is 0 Å². The highest BCUT2D eigenvalue weighted by molar-refractivity contribution is 4.86. The number of rotatable bonds is 6. The van der Waals surface area contributed by atoms with Gasteiger partial charge in [0.2, 0.25) is 6.41 Å². The number of methoxy groups -OCH3 is 1. The van der Waals surface area contributed by atoms with E-state index in [-0.39, 0.29) is 12.0 Å². The third-order valence-electron chi connectivity index (χ3n) is 5.99. The molecule has 23 heavy (non-hydrogen) atoms. The van der Waals surface area contributed by atoms with E-state index in [2.05, 4.69) is 32.6 Å². The van der Waals surface area contributed by atoms with Crippen LogP contribution in [0.3, 0.4) is 0 Å². The van der Waals surface area contributed by atoms with Crippen molar-refractivity contribution in [1.29, 1.82) is 0 Å². The maximum atomic E-state index is 6.06. The molecule has 0 bridgehead atoms. The summed E-state index contributed by atoms with van der Waals surface area (Å²) in [6.07, 6.45) is 12.6. The van der Waals surface area contributed by atoms with Gasteiger partial charge in [-0.05, 0) is 64.2 Å². The molecular weight excluding hydrogens is 286 g/mol. The Hall–Kier alpha value is -0.120. The van der Waals surface area contributed by atoms with Crippen LogP contribution in [0, 0.1) is 11.3 Å². The molecule has 2 fully saturated rings. The average Bonchev–Trinajstić information content (AvgIpc) is 2.53. The predicted molar refractivity (Wildman–Crippen MR) is 96.4 cm³/mol. The van der Waals surface area contributed by atoms with Crippen LogP contribution in [0.15, 0.2) is 0 Å². The summed E-state index contributed by atoms with van der Waals surface area (Å²) in [5.41, 5.74) is 0.500. The molecule has 1 aliphatic heterocycles. The molecule has 1 unspecified atom stereocenters. The smallest absolute Gasteiger partial charge is 0.218 e. The number of nitrogens with zero attached hydrogens (tertiary/aromatic N) is 1. The lowest BCUT2D eigenvalue weighted by Crippen LogP contribution is -2.47. The van der Waals surface area contributed by atoms with E-state index in [1.54, 1.807) is 7.11 Å². The molecule has 0 spiro atoms. The van der Waals surface area contributed by atoms with Crippen LogP contribution in [0.2, 0.25) is 0 Å². The molecular formula is C20H39NO2. The van der Waals surface area contributed by atoms with Crippen molar-refractivity contribution < 1.29 is 9.47 Å². The van der Waals surface area contributed by atoms with Crippen LogP contribution in [-0.4, -0.2) is 37.1 Å². The van der Waals surface area contributed by atoms with Crippen molar-refractivity contribution in [3.05, 3.63) is 0 Å². The Morgan fingerprint density at radius 1 is 1.09 bits per heavy atom. The minimum absolute atomic E-state index is 0.161. The minimum atomic E-state index is -0.189. The number of hydrogen-bond donors (Lipinski definition) is 0. The number of hydrogen-bond acceptors (Lipinski definition) is 3. The minimum Gasteiger partial charge on any atom is -0.343 e. The van der Waals surface area contributed by atoms with Gasteiger partial charge < -0.3 is 9.47 Å². The highest BCUT2D eigenvalue weighted by atomic mass is 16.7. The van der Waals surface area contributed by atoms with Crippen LogP contribution in [0.5, 0.6) is 0 Å². The van der Waals surface area contributed by atoms with E-state index in [0.717, 1.165) is 19.0 Å². The summed E-state index contributed by atoms with van der Waals surface area (Å²) in [5.74, 6) is 0.899. The maximum Gasteiger partial charge on any atom is 0.218 e. The highest BCUT2D eigenvalue weighted by Crippen LogP contribution is 2.45.